The van der Waals surface area contributed by atoms with Gasteiger partial charge in [-0.3, -0.25) is 0 Å². The lowest BCUT2D eigenvalue weighted by molar-refractivity contribution is -0.0772. The summed E-state index contributed by atoms with van der Waals surface area (Å²) in [6, 6.07) is 3.71. The second-order valence-electron chi connectivity index (χ2n) is 6.32. The third kappa shape index (κ3) is 2.28. The maximum atomic E-state index is 13.3. The van der Waals surface area contributed by atoms with Crippen molar-refractivity contribution in [2.45, 2.75) is 45.6 Å². The Hall–Kier alpha value is -0.960. The number of benzene rings is 1. The molecule has 1 N–H and O–H groups in total. The number of aliphatic hydroxyl groups is 1. The largest absolute Gasteiger partial charge is 0.385 e. The van der Waals surface area contributed by atoms with Crippen LogP contribution in [0.1, 0.15) is 45.6 Å². The van der Waals surface area contributed by atoms with Crippen LogP contribution in [0.5, 0.6) is 0 Å². The molecule has 2 unspecified atom stereocenters. The van der Waals surface area contributed by atoms with E-state index in [9.17, 15) is 13.9 Å². The van der Waals surface area contributed by atoms with Crippen molar-refractivity contribution in [3.63, 3.8) is 0 Å². The molecule has 3 heteroatoms. The van der Waals surface area contributed by atoms with Gasteiger partial charge in [-0.25, -0.2) is 8.78 Å². The van der Waals surface area contributed by atoms with Gasteiger partial charge in [0.15, 0.2) is 11.6 Å². The fourth-order valence-corrected chi connectivity index (χ4v) is 3.07. The number of hydrogen-bond donors (Lipinski definition) is 1. The van der Waals surface area contributed by atoms with Crippen molar-refractivity contribution in [2.24, 2.45) is 11.3 Å². The first-order valence-electron chi connectivity index (χ1n) is 6.42. The monoisotopic (exact) mass is 254 g/mol. The van der Waals surface area contributed by atoms with Gasteiger partial charge < -0.3 is 5.11 Å². The van der Waals surface area contributed by atoms with Gasteiger partial charge in [0.05, 0.1) is 5.60 Å². The van der Waals surface area contributed by atoms with Gasteiger partial charge in [-0.05, 0) is 48.3 Å². The standard InChI is InChI=1S/C15H20F2O/c1-10-9-14(2,3)6-7-15(10,18)11-4-5-12(16)13(17)8-11/h4-5,8,10,18H,6-7,9H2,1-3H3. The molecule has 0 spiro atoms. The molecule has 1 saturated carbocycles. The van der Waals surface area contributed by atoms with Crippen molar-refractivity contribution >= 4 is 0 Å². The van der Waals surface area contributed by atoms with E-state index in [0.29, 0.717) is 12.0 Å². The van der Waals surface area contributed by atoms with Crippen molar-refractivity contribution in [1.29, 1.82) is 0 Å². The predicted molar refractivity (Wildman–Crippen MR) is 67.1 cm³/mol. The lowest BCUT2D eigenvalue weighted by Gasteiger charge is -2.45. The molecule has 0 amide bonds. The van der Waals surface area contributed by atoms with Crippen LogP contribution in [-0.2, 0) is 5.60 Å². The third-order valence-electron chi connectivity index (χ3n) is 4.28. The lowest BCUT2D eigenvalue weighted by atomic mass is 9.63. The van der Waals surface area contributed by atoms with Gasteiger partial charge in [-0.1, -0.05) is 26.8 Å². The Morgan fingerprint density at radius 2 is 1.83 bits per heavy atom. The van der Waals surface area contributed by atoms with Gasteiger partial charge in [-0.2, -0.15) is 0 Å². The van der Waals surface area contributed by atoms with Gasteiger partial charge in [0, 0.05) is 0 Å². The van der Waals surface area contributed by atoms with Gasteiger partial charge in [0.1, 0.15) is 0 Å². The zero-order chi connectivity index (χ0) is 13.6. The van der Waals surface area contributed by atoms with Crippen molar-refractivity contribution < 1.29 is 13.9 Å². The van der Waals surface area contributed by atoms with Crippen LogP contribution in [-0.4, -0.2) is 5.11 Å². The molecule has 0 saturated heterocycles. The van der Waals surface area contributed by atoms with Gasteiger partial charge in [0.2, 0.25) is 0 Å². The van der Waals surface area contributed by atoms with Crippen LogP contribution in [0.25, 0.3) is 0 Å². The zero-order valence-corrected chi connectivity index (χ0v) is 11.1. The molecule has 2 rings (SSSR count). The Morgan fingerprint density at radius 1 is 1.17 bits per heavy atom. The van der Waals surface area contributed by atoms with E-state index in [4.69, 9.17) is 0 Å². The van der Waals surface area contributed by atoms with Crippen LogP contribution in [0.15, 0.2) is 18.2 Å². The van der Waals surface area contributed by atoms with Crippen molar-refractivity contribution in [2.75, 3.05) is 0 Å². The average molecular weight is 254 g/mol. The maximum absolute atomic E-state index is 13.3. The van der Waals surface area contributed by atoms with E-state index in [1.54, 1.807) is 0 Å². The molecule has 1 aromatic carbocycles. The molecule has 0 aromatic heterocycles. The first kappa shape index (κ1) is 13.5. The maximum Gasteiger partial charge on any atom is 0.159 e. The summed E-state index contributed by atoms with van der Waals surface area (Å²) >= 11 is 0. The molecule has 1 aliphatic rings. The molecule has 1 aliphatic carbocycles. The third-order valence-corrected chi connectivity index (χ3v) is 4.28. The number of rotatable bonds is 1. The minimum Gasteiger partial charge on any atom is -0.385 e. The smallest absolute Gasteiger partial charge is 0.159 e. The van der Waals surface area contributed by atoms with Crippen LogP contribution in [0.4, 0.5) is 8.78 Å². The Bertz CT molecular complexity index is 456. The van der Waals surface area contributed by atoms with E-state index >= 15 is 0 Å². The van der Waals surface area contributed by atoms with Gasteiger partial charge >= 0.3 is 0 Å². The molecule has 1 fully saturated rings. The zero-order valence-electron chi connectivity index (χ0n) is 11.1. The van der Waals surface area contributed by atoms with Crippen molar-refractivity contribution in [3.05, 3.63) is 35.4 Å². The van der Waals surface area contributed by atoms with Crippen molar-refractivity contribution in [1.82, 2.24) is 0 Å². The summed E-state index contributed by atoms with van der Waals surface area (Å²) in [4.78, 5) is 0. The summed E-state index contributed by atoms with van der Waals surface area (Å²) < 4.78 is 26.3. The fourth-order valence-electron chi connectivity index (χ4n) is 3.07. The SMILES string of the molecule is CC1CC(C)(C)CCC1(O)c1ccc(F)c(F)c1. The van der Waals surface area contributed by atoms with E-state index < -0.39 is 17.2 Å². The Balaban J connectivity index is 2.34. The first-order valence-corrected chi connectivity index (χ1v) is 6.42. The molecule has 1 nitrogen and oxygen atoms in total. The molecule has 2 atom stereocenters. The molecular weight excluding hydrogens is 234 g/mol. The first-order chi connectivity index (χ1) is 8.24. The highest BCUT2D eigenvalue weighted by molar-refractivity contribution is 5.26. The summed E-state index contributed by atoms with van der Waals surface area (Å²) in [5.74, 6) is -1.73. The predicted octanol–water partition coefficient (Wildman–Crippen LogP) is 4.00. The summed E-state index contributed by atoms with van der Waals surface area (Å²) in [6.07, 6.45) is 2.35. The number of halogens is 2. The highest BCUT2D eigenvalue weighted by atomic mass is 19.2. The number of hydrogen-bond acceptors (Lipinski definition) is 1. The molecule has 0 heterocycles. The molecular formula is C15H20F2O. The lowest BCUT2D eigenvalue weighted by Crippen LogP contribution is -2.41. The van der Waals surface area contributed by atoms with E-state index in [1.807, 2.05) is 6.92 Å². The van der Waals surface area contributed by atoms with Gasteiger partial charge in [0.25, 0.3) is 0 Å². The summed E-state index contributed by atoms with van der Waals surface area (Å²) in [5.41, 5.74) is -0.349. The highest BCUT2D eigenvalue weighted by Gasteiger charge is 2.43. The summed E-state index contributed by atoms with van der Waals surface area (Å²) in [6.45, 7) is 6.32. The highest BCUT2D eigenvalue weighted by Crippen LogP contribution is 2.48. The second kappa shape index (κ2) is 4.30. The Kier molecular flexibility index (Phi) is 3.22. The normalized spacial score (nSPS) is 31.3. The van der Waals surface area contributed by atoms with E-state index in [1.165, 1.54) is 6.07 Å². The van der Waals surface area contributed by atoms with E-state index in [-0.39, 0.29) is 11.3 Å². The molecule has 0 aliphatic heterocycles. The summed E-state index contributed by atoms with van der Waals surface area (Å²) in [5, 5.41) is 10.8. The van der Waals surface area contributed by atoms with Gasteiger partial charge in [-0.15, -0.1) is 0 Å². The van der Waals surface area contributed by atoms with Crippen molar-refractivity contribution in [3.8, 4) is 0 Å². The quantitative estimate of drug-likeness (QED) is 0.803. The molecule has 18 heavy (non-hydrogen) atoms. The van der Waals surface area contributed by atoms with Crippen LogP contribution >= 0.6 is 0 Å². The fraction of sp³-hybridized carbons (Fsp3) is 0.600. The van der Waals surface area contributed by atoms with Crippen LogP contribution in [0.2, 0.25) is 0 Å². The van der Waals surface area contributed by atoms with Crippen LogP contribution < -0.4 is 0 Å². The molecule has 0 bridgehead atoms. The minimum atomic E-state index is -1.04. The molecule has 1 aromatic rings. The Labute approximate surface area is 107 Å². The second-order valence-corrected chi connectivity index (χ2v) is 6.32. The minimum absolute atomic E-state index is 0.0334. The Morgan fingerprint density at radius 3 is 2.39 bits per heavy atom. The molecule has 0 radical (unpaired) electrons. The van der Waals surface area contributed by atoms with Crippen LogP contribution in [0.3, 0.4) is 0 Å². The van der Waals surface area contributed by atoms with E-state index in [0.717, 1.165) is 25.0 Å². The average Bonchev–Trinajstić information content (AvgIpc) is 2.27. The summed E-state index contributed by atoms with van der Waals surface area (Å²) in [7, 11) is 0. The molecule has 100 valence electrons. The van der Waals surface area contributed by atoms with Crippen LogP contribution in [0, 0.1) is 23.0 Å². The van der Waals surface area contributed by atoms with E-state index in [2.05, 4.69) is 13.8 Å². The topological polar surface area (TPSA) is 20.2 Å².